The molecule has 0 unspecified atom stereocenters. The Labute approximate surface area is 284 Å². The summed E-state index contributed by atoms with van der Waals surface area (Å²) in [4.78, 5) is 15.4. The van der Waals surface area contributed by atoms with E-state index >= 15 is 0 Å². The van der Waals surface area contributed by atoms with E-state index in [-0.39, 0.29) is 0 Å². The minimum Gasteiger partial charge on any atom is -0.278 e. The van der Waals surface area contributed by atoms with Crippen LogP contribution in [0.1, 0.15) is 0 Å². The van der Waals surface area contributed by atoms with Gasteiger partial charge in [0, 0.05) is 21.9 Å². The third kappa shape index (κ3) is 5.35. The molecule has 0 fully saturated rings. The summed E-state index contributed by atoms with van der Waals surface area (Å²) in [5, 5.41) is 2.32. The Morgan fingerprint density at radius 2 is 0.673 bits per heavy atom. The molecule has 7 aromatic carbocycles. The lowest BCUT2D eigenvalue weighted by molar-refractivity contribution is 0.953. The standard InChI is InChI=1S/C45H30N4/c1-3-12-31(13-4-1)33-22-24-35(25-23-33)37-16-11-17-38(30-37)44-46-43(36-28-26-34(27-29-36)32-14-5-2-6-15-32)47-45(48-44)49-41-20-9-7-18-39(41)40-19-8-10-21-42(40)49/h1-30H. The first-order chi connectivity index (χ1) is 24.3. The summed E-state index contributed by atoms with van der Waals surface area (Å²) < 4.78 is 2.16. The van der Waals surface area contributed by atoms with Crippen LogP contribution in [0.5, 0.6) is 0 Å². The normalized spacial score (nSPS) is 11.3. The molecule has 4 heteroatoms. The second kappa shape index (κ2) is 12.2. The van der Waals surface area contributed by atoms with Crippen LogP contribution in [0, 0.1) is 0 Å². The zero-order valence-corrected chi connectivity index (χ0v) is 26.6. The molecule has 230 valence electrons. The number of fused-ring (bicyclic) bond motifs is 3. The van der Waals surface area contributed by atoms with Gasteiger partial charge in [0.15, 0.2) is 11.6 Å². The summed E-state index contributed by atoms with van der Waals surface area (Å²) in [6, 6.07) is 63.4. The molecule has 0 aliphatic heterocycles. The van der Waals surface area contributed by atoms with Gasteiger partial charge >= 0.3 is 0 Å². The Morgan fingerprint density at radius 3 is 1.22 bits per heavy atom. The van der Waals surface area contributed by atoms with Crippen molar-refractivity contribution in [3.63, 3.8) is 0 Å². The lowest BCUT2D eigenvalue weighted by Gasteiger charge is -2.12. The summed E-state index contributed by atoms with van der Waals surface area (Å²) in [5.41, 5.74) is 10.9. The van der Waals surface area contributed by atoms with Crippen LogP contribution in [0.4, 0.5) is 0 Å². The number of rotatable bonds is 6. The first kappa shape index (κ1) is 28.6. The van der Waals surface area contributed by atoms with Crippen LogP contribution in [0.2, 0.25) is 0 Å². The van der Waals surface area contributed by atoms with Crippen molar-refractivity contribution in [1.29, 1.82) is 0 Å². The van der Waals surface area contributed by atoms with Gasteiger partial charge < -0.3 is 0 Å². The molecule has 0 atom stereocenters. The summed E-state index contributed by atoms with van der Waals surface area (Å²) in [7, 11) is 0. The van der Waals surface area contributed by atoms with Crippen molar-refractivity contribution in [3.8, 4) is 62.1 Å². The molecule has 49 heavy (non-hydrogen) atoms. The zero-order valence-electron chi connectivity index (χ0n) is 26.6. The van der Waals surface area contributed by atoms with E-state index in [1.165, 1.54) is 16.7 Å². The van der Waals surface area contributed by atoms with Gasteiger partial charge in [-0.3, -0.25) is 4.57 Å². The quantitative estimate of drug-likeness (QED) is 0.184. The second-order valence-electron chi connectivity index (χ2n) is 12.1. The fraction of sp³-hybridized carbons (Fsp3) is 0. The maximum absolute atomic E-state index is 5.17. The van der Waals surface area contributed by atoms with E-state index in [9.17, 15) is 0 Å². The number of hydrogen-bond acceptors (Lipinski definition) is 3. The number of hydrogen-bond donors (Lipinski definition) is 0. The largest absolute Gasteiger partial charge is 0.278 e. The van der Waals surface area contributed by atoms with Crippen LogP contribution in [0.25, 0.3) is 83.9 Å². The first-order valence-electron chi connectivity index (χ1n) is 16.5. The highest BCUT2D eigenvalue weighted by molar-refractivity contribution is 6.09. The molecule has 9 aromatic rings. The highest BCUT2D eigenvalue weighted by Crippen LogP contribution is 2.33. The molecule has 4 nitrogen and oxygen atoms in total. The number of nitrogens with zero attached hydrogens (tertiary/aromatic N) is 4. The van der Waals surface area contributed by atoms with Crippen molar-refractivity contribution < 1.29 is 0 Å². The van der Waals surface area contributed by atoms with E-state index in [1.54, 1.807) is 0 Å². The van der Waals surface area contributed by atoms with Crippen molar-refractivity contribution in [2.24, 2.45) is 0 Å². The molecule has 0 aliphatic carbocycles. The first-order valence-corrected chi connectivity index (χ1v) is 16.5. The van der Waals surface area contributed by atoms with Crippen molar-refractivity contribution in [2.75, 3.05) is 0 Å². The van der Waals surface area contributed by atoms with E-state index in [0.29, 0.717) is 17.6 Å². The SMILES string of the molecule is c1ccc(-c2ccc(-c3cccc(-c4nc(-c5ccc(-c6ccccc6)cc5)nc(-n5c6ccccc6c6ccccc65)n4)c3)cc2)cc1. The van der Waals surface area contributed by atoms with Gasteiger partial charge in [-0.2, -0.15) is 9.97 Å². The van der Waals surface area contributed by atoms with E-state index in [0.717, 1.165) is 49.6 Å². The zero-order chi connectivity index (χ0) is 32.6. The van der Waals surface area contributed by atoms with Gasteiger partial charge in [-0.05, 0) is 51.6 Å². The van der Waals surface area contributed by atoms with Crippen LogP contribution in [-0.4, -0.2) is 19.5 Å². The van der Waals surface area contributed by atoms with E-state index in [2.05, 4.69) is 174 Å². The lowest BCUT2D eigenvalue weighted by Crippen LogP contribution is -2.06. The average molecular weight is 627 g/mol. The number of aromatic nitrogens is 4. The Morgan fingerprint density at radius 1 is 0.286 bits per heavy atom. The van der Waals surface area contributed by atoms with Gasteiger partial charge in [0.25, 0.3) is 0 Å². The summed E-state index contributed by atoms with van der Waals surface area (Å²) in [5.74, 6) is 1.83. The molecular weight excluding hydrogens is 597 g/mol. The van der Waals surface area contributed by atoms with Crippen LogP contribution in [0.3, 0.4) is 0 Å². The topological polar surface area (TPSA) is 43.6 Å². The van der Waals surface area contributed by atoms with Crippen molar-refractivity contribution in [2.45, 2.75) is 0 Å². The van der Waals surface area contributed by atoms with Crippen LogP contribution >= 0.6 is 0 Å². The van der Waals surface area contributed by atoms with E-state index in [4.69, 9.17) is 15.0 Å². The number of para-hydroxylation sites is 2. The molecule has 0 saturated heterocycles. The van der Waals surface area contributed by atoms with Gasteiger partial charge in [-0.15, -0.1) is 0 Å². The maximum Gasteiger partial charge on any atom is 0.238 e. The molecular formula is C45H30N4. The third-order valence-corrected chi connectivity index (χ3v) is 9.10. The molecule has 0 amide bonds. The predicted molar refractivity (Wildman–Crippen MR) is 201 cm³/mol. The molecule has 0 N–H and O–H groups in total. The van der Waals surface area contributed by atoms with Gasteiger partial charge in [0.1, 0.15) is 0 Å². The average Bonchev–Trinajstić information content (AvgIpc) is 3.53. The van der Waals surface area contributed by atoms with Crippen molar-refractivity contribution >= 4 is 21.8 Å². The van der Waals surface area contributed by atoms with Crippen molar-refractivity contribution in [3.05, 3.63) is 182 Å². The molecule has 0 radical (unpaired) electrons. The number of benzene rings is 7. The third-order valence-electron chi connectivity index (χ3n) is 9.10. The van der Waals surface area contributed by atoms with Crippen LogP contribution in [0.15, 0.2) is 182 Å². The van der Waals surface area contributed by atoms with Crippen molar-refractivity contribution in [1.82, 2.24) is 19.5 Å². The Balaban J connectivity index is 1.19. The molecule has 0 aliphatic rings. The predicted octanol–water partition coefficient (Wildman–Crippen LogP) is 11.3. The molecule has 9 rings (SSSR count). The van der Waals surface area contributed by atoms with Crippen LogP contribution in [-0.2, 0) is 0 Å². The Bertz CT molecular complexity index is 2520. The van der Waals surface area contributed by atoms with E-state index < -0.39 is 0 Å². The fourth-order valence-electron chi connectivity index (χ4n) is 6.63. The van der Waals surface area contributed by atoms with Gasteiger partial charge in [0.05, 0.1) is 11.0 Å². The summed E-state index contributed by atoms with van der Waals surface area (Å²) in [6.45, 7) is 0. The minimum absolute atomic E-state index is 0.585. The van der Waals surface area contributed by atoms with Gasteiger partial charge in [0.2, 0.25) is 5.95 Å². The van der Waals surface area contributed by atoms with Gasteiger partial charge in [-0.25, -0.2) is 4.98 Å². The molecule has 0 bridgehead atoms. The Kier molecular flexibility index (Phi) is 7.10. The Hall–Kier alpha value is -6.65. The molecule has 2 aromatic heterocycles. The smallest absolute Gasteiger partial charge is 0.238 e. The lowest BCUT2D eigenvalue weighted by atomic mass is 9.99. The maximum atomic E-state index is 5.17. The fourth-order valence-corrected chi connectivity index (χ4v) is 6.63. The molecule has 0 spiro atoms. The van der Waals surface area contributed by atoms with Crippen LogP contribution < -0.4 is 0 Å². The van der Waals surface area contributed by atoms with Gasteiger partial charge in [-0.1, -0.05) is 164 Å². The second-order valence-corrected chi connectivity index (χ2v) is 12.1. The van der Waals surface area contributed by atoms with E-state index in [1.807, 2.05) is 12.1 Å². The summed E-state index contributed by atoms with van der Waals surface area (Å²) >= 11 is 0. The minimum atomic E-state index is 0.585. The monoisotopic (exact) mass is 626 g/mol. The molecule has 0 saturated carbocycles. The summed E-state index contributed by atoms with van der Waals surface area (Å²) in [6.07, 6.45) is 0. The molecule has 2 heterocycles. The highest BCUT2D eigenvalue weighted by Gasteiger charge is 2.18. The highest BCUT2D eigenvalue weighted by atomic mass is 15.2.